The Balaban J connectivity index is 1.79. The van der Waals surface area contributed by atoms with Gasteiger partial charge in [0.05, 0.1) is 10.6 Å². The van der Waals surface area contributed by atoms with Crippen molar-refractivity contribution in [2.75, 3.05) is 29.9 Å². The third-order valence-corrected chi connectivity index (χ3v) is 4.82. The summed E-state index contributed by atoms with van der Waals surface area (Å²) in [7, 11) is 2.04. The van der Waals surface area contributed by atoms with Crippen LogP contribution >= 0.6 is 0 Å². The van der Waals surface area contributed by atoms with Gasteiger partial charge in [0.1, 0.15) is 0 Å². The maximum Gasteiger partial charge on any atom is 0.271 e. The molecule has 0 spiro atoms. The number of nitro benzene ring substituents is 1. The normalized spacial score (nSPS) is 12.8. The summed E-state index contributed by atoms with van der Waals surface area (Å²) in [5.41, 5.74) is 3.30. The van der Waals surface area contributed by atoms with E-state index in [4.69, 9.17) is 0 Å². The minimum atomic E-state index is -0.428. The van der Waals surface area contributed by atoms with Gasteiger partial charge in [0, 0.05) is 43.5 Å². The minimum Gasteiger partial charge on any atom is -0.375 e. The van der Waals surface area contributed by atoms with Crippen molar-refractivity contribution in [3.05, 3.63) is 63.7 Å². The Labute approximate surface area is 153 Å². The van der Waals surface area contributed by atoms with Gasteiger partial charge in [-0.05, 0) is 42.7 Å². The molecule has 0 aliphatic carbocycles. The van der Waals surface area contributed by atoms with Crippen LogP contribution < -0.4 is 9.80 Å². The number of non-ortho nitro benzene ring substituents is 1. The molecule has 1 amide bonds. The first-order valence-electron chi connectivity index (χ1n) is 8.91. The zero-order valence-corrected chi connectivity index (χ0v) is 15.1. The third-order valence-electron chi connectivity index (χ3n) is 4.82. The summed E-state index contributed by atoms with van der Waals surface area (Å²) in [5.74, 6) is -0.119. The summed E-state index contributed by atoms with van der Waals surface area (Å²) in [4.78, 5) is 27.3. The molecule has 2 aromatic carbocycles. The summed E-state index contributed by atoms with van der Waals surface area (Å²) in [5, 5.41) is 11.0. The number of hydrogen-bond donors (Lipinski definition) is 0. The van der Waals surface area contributed by atoms with Crippen molar-refractivity contribution in [1.82, 2.24) is 0 Å². The van der Waals surface area contributed by atoms with Crippen LogP contribution in [0.1, 0.15) is 35.7 Å². The van der Waals surface area contributed by atoms with E-state index >= 15 is 0 Å². The van der Waals surface area contributed by atoms with Crippen LogP contribution in [0.3, 0.4) is 0 Å². The number of unbranched alkanes of at least 4 members (excludes halogenated alkanes) is 1. The molecular formula is C20H23N3O3. The molecule has 6 heteroatoms. The van der Waals surface area contributed by atoms with Gasteiger partial charge >= 0.3 is 0 Å². The number of carbonyl (C=O) groups excluding carboxylic acids is 1. The van der Waals surface area contributed by atoms with Gasteiger partial charge in [-0.15, -0.1) is 0 Å². The largest absolute Gasteiger partial charge is 0.375 e. The molecule has 0 fully saturated rings. The first-order chi connectivity index (χ1) is 12.5. The zero-order valence-electron chi connectivity index (χ0n) is 15.1. The quantitative estimate of drug-likeness (QED) is 0.581. The fourth-order valence-corrected chi connectivity index (χ4v) is 3.23. The number of anilines is 2. The van der Waals surface area contributed by atoms with Gasteiger partial charge in [-0.25, -0.2) is 0 Å². The summed E-state index contributed by atoms with van der Waals surface area (Å²) in [6, 6.07) is 12.3. The van der Waals surface area contributed by atoms with Gasteiger partial charge in [0.15, 0.2) is 0 Å². The minimum absolute atomic E-state index is 0.0105. The molecule has 3 rings (SSSR count). The van der Waals surface area contributed by atoms with Crippen molar-refractivity contribution in [2.45, 2.75) is 26.2 Å². The highest BCUT2D eigenvalue weighted by atomic mass is 16.6. The predicted octanol–water partition coefficient (Wildman–Crippen LogP) is 4.03. The molecular weight excluding hydrogens is 330 g/mol. The molecule has 1 aliphatic rings. The van der Waals surface area contributed by atoms with Crippen LogP contribution in [-0.2, 0) is 6.42 Å². The van der Waals surface area contributed by atoms with Gasteiger partial charge in [0.2, 0.25) is 0 Å². The molecule has 136 valence electrons. The molecule has 0 aromatic heterocycles. The lowest BCUT2D eigenvalue weighted by molar-refractivity contribution is -0.384. The molecule has 0 atom stereocenters. The van der Waals surface area contributed by atoms with Crippen LogP contribution in [0, 0.1) is 10.1 Å². The van der Waals surface area contributed by atoms with E-state index in [1.807, 2.05) is 31.3 Å². The Bertz CT molecular complexity index is 818. The van der Waals surface area contributed by atoms with Gasteiger partial charge in [-0.1, -0.05) is 19.4 Å². The maximum absolute atomic E-state index is 12.9. The van der Waals surface area contributed by atoms with Crippen molar-refractivity contribution in [3.63, 3.8) is 0 Å². The monoisotopic (exact) mass is 353 g/mol. The molecule has 0 saturated heterocycles. The smallest absolute Gasteiger partial charge is 0.271 e. The molecule has 0 saturated carbocycles. The van der Waals surface area contributed by atoms with Crippen LogP contribution in [-0.4, -0.2) is 31.0 Å². The Morgan fingerprint density at radius 3 is 2.62 bits per heavy atom. The molecule has 6 nitrogen and oxygen atoms in total. The molecule has 26 heavy (non-hydrogen) atoms. The Kier molecular flexibility index (Phi) is 5.21. The van der Waals surface area contributed by atoms with E-state index in [9.17, 15) is 14.9 Å². The molecule has 1 aliphatic heterocycles. The molecule has 0 bridgehead atoms. The topological polar surface area (TPSA) is 66.7 Å². The van der Waals surface area contributed by atoms with Crippen molar-refractivity contribution in [3.8, 4) is 0 Å². The third kappa shape index (κ3) is 3.54. The van der Waals surface area contributed by atoms with E-state index < -0.39 is 4.92 Å². The average molecular weight is 353 g/mol. The summed E-state index contributed by atoms with van der Waals surface area (Å²) >= 11 is 0. The standard InChI is InChI=1S/C20H23N3O3/c1-3-4-12-21(2)17-8-6-16(7-9-17)20(24)22-13-11-15-5-10-18(23(25)26)14-19(15)22/h5-10,14H,3-4,11-13H2,1-2H3. The Hall–Kier alpha value is -2.89. The van der Waals surface area contributed by atoms with Gasteiger partial charge in [0.25, 0.3) is 11.6 Å². The predicted molar refractivity (Wildman–Crippen MR) is 103 cm³/mol. The lowest BCUT2D eigenvalue weighted by Crippen LogP contribution is -2.29. The molecule has 0 radical (unpaired) electrons. The molecule has 1 heterocycles. The first kappa shape index (κ1) is 17.9. The molecule has 2 aromatic rings. The first-order valence-corrected chi connectivity index (χ1v) is 8.91. The van der Waals surface area contributed by atoms with Crippen molar-refractivity contribution in [1.29, 1.82) is 0 Å². The summed E-state index contributed by atoms with van der Waals surface area (Å²) < 4.78 is 0. The highest BCUT2D eigenvalue weighted by Crippen LogP contribution is 2.32. The fraction of sp³-hybridized carbons (Fsp3) is 0.350. The Morgan fingerprint density at radius 1 is 1.23 bits per heavy atom. The average Bonchev–Trinajstić information content (AvgIpc) is 3.08. The van der Waals surface area contributed by atoms with Crippen LogP contribution in [0.2, 0.25) is 0 Å². The SMILES string of the molecule is CCCCN(C)c1ccc(C(=O)N2CCc3ccc([N+](=O)[O-])cc32)cc1. The Morgan fingerprint density at radius 2 is 1.96 bits per heavy atom. The number of nitrogens with zero attached hydrogens (tertiary/aromatic N) is 3. The van der Waals surface area contributed by atoms with E-state index in [1.54, 1.807) is 11.0 Å². The van der Waals surface area contributed by atoms with Crippen LogP contribution in [0.5, 0.6) is 0 Å². The van der Waals surface area contributed by atoms with Crippen LogP contribution in [0.15, 0.2) is 42.5 Å². The molecule has 0 unspecified atom stereocenters. The number of amides is 1. The van der Waals surface area contributed by atoms with E-state index in [0.717, 1.165) is 37.1 Å². The number of hydrogen-bond acceptors (Lipinski definition) is 4. The number of benzene rings is 2. The number of carbonyl (C=O) groups is 1. The van der Waals surface area contributed by atoms with Crippen LogP contribution in [0.25, 0.3) is 0 Å². The summed E-state index contributed by atoms with van der Waals surface area (Å²) in [6.45, 7) is 3.69. The second kappa shape index (κ2) is 7.56. The van der Waals surface area contributed by atoms with E-state index in [-0.39, 0.29) is 11.6 Å². The number of nitro groups is 1. The maximum atomic E-state index is 12.9. The lowest BCUT2D eigenvalue weighted by Gasteiger charge is -2.20. The number of rotatable bonds is 6. The van der Waals surface area contributed by atoms with E-state index in [2.05, 4.69) is 11.8 Å². The zero-order chi connectivity index (χ0) is 18.7. The van der Waals surface area contributed by atoms with Crippen molar-refractivity contribution < 1.29 is 9.72 Å². The van der Waals surface area contributed by atoms with Crippen molar-refractivity contribution >= 4 is 23.0 Å². The number of fused-ring (bicyclic) bond motifs is 1. The summed E-state index contributed by atoms with van der Waals surface area (Å²) in [6.07, 6.45) is 2.98. The highest BCUT2D eigenvalue weighted by Gasteiger charge is 2.27. The second-order valence-corrected chi connectivity index (χ2v) is 6.60. The second-order valence-electron chi connectivity index (χ2n) is 6.60. The van der Waals surface area contributed by atoms with Gasteiger partial charge < -0.3 is 9.80 Å². The molecule has 0 N–H and O–H groups in total. The van der Waals surface area contributed by atoms with Gasteiger partial charge in [-0.3, -0.25) is 14.9 Å². The highest BCUT2D eigenvalue weighted by molar-refractivity contribution is 6.07. The van der Waals surface area contributed by atoms with Gasteiger partial charge in [-0.2, -0.15) is 0 Å². The fourth-order valence-electron chi connectivity index (χ4n) is 3.23. The van der Waals surface area contributed by atoms with Crippen molar-refractivity contribution in [2.24, 2.45) is 0 Å². The van der Waals surface area contributed by atoms with E-state index in [1.165, 1.54) is 12.1 Å². The van der Waals surface area contributed by atoms with E-state index in [0.29, 0.717) is 17.8 Å². The lowest BCUT2D eigenvalue weighted by atomic mass is 10.1. The van der Waals surface area contributed by atoms with Crippen LogP contribution in [0.4, 0.5) is 17.1 Å².